The van der Waals surface area contributed by atoms with Crippen LogP contribution in [0.3, 0.4) is 0 Å². The van der Waals surface area contributed by atoms with Crippen LogP contribution in [0.4, 0.5) is 15.8 Å². The molecule has 7 heteroatoms. The molecule has 20 heavy (non-hydrogen) atoms. The molecule has 2 nitrogen and oxygen atoms in total. The Kier molecular flexibility index (Phi) is 5.05. The Morgan fingerprint density at radius 3 is 2.05 bits per heavy atom. The van der Waals surface area contributed by atoms with Gasteiger partial charge in [0.05, 0.1) is 16.4 Å². The molecule has 0 saturated heterocycles. The van der Waals surface area contributed by atoms with E-state index in [-0.39, 0.29) is 10.8 Å². The van der Waals surface area contributed by atoms with Crippen LogP contribution in [-0.4, -0.2) is 5.11 Å². The lowest BCUT2D eigenvalue weighted by atomic mass is 10.3. The summed E-state index contributed by atoms with van der Waals surface area (Å²) in [6, 6.07) is 9.18. The molecule has 0 radical (unpaired) electrons. The first-order chi connectivity index (χ1) is 9.45. The first-order valence-electron chi connectivity index (χ1n) is 5.44. The summed E-state index contributed by atoms with van der Waals surface area (Å²) < 4.78 is 13.6. The average molecular weight is 350 g/mol. The van der Waals surface area contributed by atoms with Crippen molar-refractivity contribution < 1.29 is 4.39 Å². The van der Waals surface area contributed by atoms with Crippen molar-refractivity contribution in [1.82, 2.24) is 0 Å². The summed E-state index contributed by atoms with van der Waals surface area (Å²) in [5.74, 6) is -0.496. The van der Waals surface area contributed by atoms with Gasteiger partial charge in [-0.25, -0.2) is 4.39 Å². The maximum Gasteiger partial charge on any atom is 0.175 e. The Morgan fingerprint density at radius 2 is 1.45 bits per heavy atom. The molecule has 0 aromatic heterocycles. The second kappa shape index (κ2) is 6.59. The Bertz CT molecular complexity index is 609. The smallest absolute Gasteiger partial charge is 0.175 e. The zero-order valence-corrected chi connectivity index (χ0v) is 13.0. The number of thiocarbonyl (C=S) groups is 1. The third-order valence-electron chi connectivity index (χ3n) is 2.36. The summed E-state index contributed by atoms with van der Waals surface area (Å²) in [7, 11) is 0. The van der Waals surface area contributed by atoms with Gasteiger partial charge in [0.2, 0.25) is 0 Å². The van der Waals surface area contributed by atoms with E-state index in [1.807, 2.05) is 0 Å². The Morgan fingerprint density at radius 1 is 0.900 bits per heavy atom. The first kappa shape index (κ1) is 15.3. The maximum atomic E-state index is 13.6. The van der Waals surface area contributed by atoms with Crippen LogP contribution in [0.1, 0.15) is 0 Å². The number of halogens is 4. The minimum atomic E-state index is -0.496. The van der Waals surface area contributed by atoms with Crippen LogP contribution in [-0.2, 0) is 0 Å². The Labute approximate surface area is 135 Å². The molecule has 0 aliphatic carbocycles. The highest BCUT2D eigenvalue weighted by Gasteiger charge is 2.07. The molecule has 0 spiro atoms. The van der Waals surface area contributed by atoms with Gasteiger partial charge in [-0.3, -0.25) is 0 Å². The van der Waals surface area contributed by atoms with Gasteiger partial charge in [-0.05, 0) is 48.6 Å². The third-order valence-corrected chi connectivity index (χ3v) is 3.35. The van der Waals surface area contributed by atoms with Gasteiger partial charge in [0, 0.05) is 10.0 Å². The summed E-state index contributed by atoms with van der Waals surface area (Å²) in [5.41, 5.74) is 0.792. The molecular weight excluding hydrogens is 342 g/mol. The monoisotopic (exact) mass is 348 g/mol. The maximum absolute atomic E-state index is 13.6. The average Bonchev–Trinajstić information content (AvgIpc) is 2.36. The second-order valence-corrected chi connectivity index (χ2v) is 5.52. The molecule has 0 atom stereocenters. The van der Waals surface area contributed by atoms with Crippen LogP contribution in [0.2, 0.25) is 15.1 Å². The molecule has 0 aliphatic heterocycles. The fourth-order valence-corrected chi connectivity index (χ4v) is 2.29. The van der Waals surface area contributed by atoms with Gasteiger partial charge in [0.25, 0.3) is 0 Å². The molecular formula is C13H8Cl3FN2S. The first-order valence-corrected chi connectivity index (χ1v) is 6.98. The van der Waals surface area contributed by atoms with Crippen LogP contribution < -0.4 is 10.6 Å². The largest absolute Gasteiger partial charge is 0.331 e. The zero-order chi connectivity index (χ0) is 14.7. The lowest BCUT2D eigenvalue weighted by Crippen LogP contribution is -2.20. The van der Waals surface area contributed by atoms with Crippen molar-refractivity contribution in [2.75, 3.05) is 10.6 Å². The highest BCUT2D eigenvalue weighted by atomic mass is 35.5. The third kappa shape index (κ3) is 3.96. The molecule has 0 bridgehead atoms. The van der Waals surface area contributed by atoms with E-state index < -0.39 is 5.82 Å². The Balaban J connectivity index is 2.09. The lowest BCUT2D eigenvalue weighted by molar-refractivity contribution is 0.632. The number of rotatable bonds is 2. The van der Waals surface area contributed by atoms with Crippen molar-refractivity contribution in [1.29, 1.82) is 0 Å². The predicted molar refractivity (Wildman–Crippen MR) is 87.7 cm³/mol. The molecule has 0 saturated carbocycles. The quantitative estimate of drug-likeness (QED) is 0.691. The predicted octanol–water partition coefficient (Wildman–Crippen LogP) is 5.59. The number of anilines is 2. The van der Waals surface area contributed by atoms with Gasteiger partial charge in [-0.2, -0.15) is 0 Å². The highest BCUT2D eigenvalue weighted by Crippen LogP contribution is 2.26. The summed E-state index contributed by atoms with van der Waals surface area (Å²) in [6.45, 7) is 0. The SMILES string of the molecule is Fc1cc(Cl)ccc1NC(=S)Nc1ccc(Cl)cc1Cl. The zero-order valence-electron chi connectivity index (χ0n) is 9.88. The van der Waals surface area contributed by atoms with Crippen molar-refractivity contribution in [3.8, 4) is 0 Å². The molecule has 104 valence electrons. The minimum Gasteiger partial charge on any atom is -0.331 e. The molecule has 2 aromatic carbocycles. The van der Waals surface area contributed by atoms with Gasteiger partial charge >= 0.3 is 0 Å². The van der Waals surface area contributed by atoms with Gasteiger partial charge in [0.15, 0.2) is 5.11 Å². The van der Waals surface area contributed by atoms with Crippen LogP contribution in [0.15, 0.2) is 36.4 Å². The van der Waals surface area contributed by atoms with Gasteiger partial charge < -0.3 is 10.6 Å². The second-order valence-electron chi connectivity index (χ2n) is 3.83. The normalized spacial score (nSPS) is 10.2. The van der Waals surface area contributed by atoms with Crippen molar-refractivity contribution in [2.24, 2.45) is 0 Å². The van der Waals surface area contributed by atoms with Crippen LogP contribution >= 0.6 is 47.0 Å². The topological polar surface area (TPSA) is 24.1 Å². The van der Waals surface area contributed by atoms with Crippen molar-refractivity contribution >= 4 is 63.5 Å². The van der Waals surface area contributed by atoms with Crippen LogP contribution in [0, 0.1) is 5.82 Å². The summed E-state index contributed by atoms with van der Waals surface area (Å²) in [5, 5.41) is 7.03. The van der Waals surface area contributed by atoms with E-state index in [0.29, 0.717) is 20.8 Å². The van der Waals surface area contributed by atoms with Gasteiger partial charge in [-0.1, -0.05) is 34.8 Å². The summed E-state index contributed by atoms with van der Waals surface area (Å²) in [4.78, 5) is 0. The molecule has 0 fully saturated rings. The van der Waals surface area contributed by atoms with Crippen molar-refractivity contribution in [3.05, 3.63) is 57.3 Å². The van der Waals surface area contributed by atoms with E-state index in [1.54, 1.807) is 24.3 Å². The summed E-state index contributed by atoms with van der Waals surface area (Å²) >= 11 is 22.6. The van der Waals surface area contributed by atoms with E-state index in [1.165, 1.54) is 12.1 Å². The Hall–Kier alpha value is -1.07. The highest BCUT2D eigenvalue weighted by molar-refractivity contribution is 7.80. The molecule has 2 aromatic rings. The van der Waals surface area contributed by atoms with Crippen LogP contribution in [0.25, 0.3) is 0 Å². The number of nitrogens with one attached hydrogen (secondary N) is 2. The standard InChI is InChI=1S/C13H8Cl3FN2S/c14-7-1-3-11(9(16)5-7)18-13(20)19-12-4-2-8(15)6-10(12)17/h1-6H,(H2,18,19,20). The number of hydrogen-bond acceptors (Lipinski definition) is 1. The van der Waals surface area contributed by atoms with Crippen LogP contribution in [0.5, 0.6) is 0 Å². The van der Waals surface area contributed by atoms with Crippen molar-refractivity contribution in [2.45, 2.75) is 0 Å². The van der Waals surface area contributed by atoms with E-state index in [9.17, 15) is 4.39 Å². The fraction of sp³-hybridized carbons (Fsp3) is 0. The summed E-state index contributed by atoms with van der Waals surface area (Å²) in [6.07, 6.45) is 0. The molecule has 2 rings (SSSR count). The molecule has 0 aliphatic rings. The number of hydrogen-bond donors (Lipinski definition) is 2. The molecule has 0 amide bonds. The van der Waals surface area contributed by atoms with E-state index in [0.717, 1.165) is 0 Å². The lowest BCUT2D eigenvalue weighted by Gasteiger charge is -2.12. The molecule has 0 heterocycles. The fourth-order valence-electron chi connectivity index (χ4n) is 1.46. The van der Waals surface area contributed by atoms with Crippen molar-refractivity contribution in [3.63, 3.8) is 0 Å². The molecule has 2 N–H and O–H groups in total. The van der Waals surface area contributed by atoms with E-state index in [2.05, 4.69) is 10.6 Å². The van der Waals surface area contributed by atoms with E-state index >= 15 is 0 Å². The molecule has 0 unspecified atom stereocenters. The van der Waals surface area contributed by atoms with Gasteiger partial charge in [0.1, 0.15) is 5.82 Å². The van der Waals surface area contributed by atoms with E-state index in [4.69, 9.17) is 47.0 Å². The van der Waals surface area contributed by atoms with Gasteiger partial charge in [-0.15, -0.1) is 0 Å². The minimum absolute atomic E-state index is 0.204. The number of benzene rings is 2.